The van der Waals surface area contributed by atoms with Gasteiger partial charge in [0.15, 0.2) is 17.0 Å². The lowest BCUT2D eigenvalue weighted by atomic mass is 10.1. The maximum Gasteiger partial charge on any atom is 0.471 e. The average Bonchev–Trinajstić information content (AvgIpc) is 3.84. The summed E-state index contributed by atoms with van der Waals surface area (Å²) in [5.41, 5.74) is 1.09. The Bertz CT molecular complexity index is 1330. The van der Waals surface area contributed by atoms with Gasteiger partial charge in [0.1, 0.15) is 12.2 Å². The molecule has 3 aliphatic carbocycles. The van der Waals surface area contributed by atoms with Crippen molar-refractivity contribution in [1.29, 1.82) is 0 Å². The fraction of sp³-hybridized carbons (Fsp3) is 0.806. The zero-order valence-corrected chi connectivity index (χ0v) is 26.5. The number of amides is 1. The normalized spacial score (nSPS) is 28.3. The van der Waals surface area contributed by atoms with E-state index in [0.717, 1.165) is 51.0 Å². The largest absolute Gasteiger partial charge is 0.471 e. The van der Waals surface area contributed by atoms with Crippen LogP contribution in [-0.2, 0) is 4.79 Å². The number of aromatic nitrogens is 4. The number of carbonyl (C=O) groups is 1. The van der Waals surface area contributed by atoms with Gasteiger partial charge in [-0.25, -0.2) is 4.98 Å². The molecule has 14 heteroatoms. The molecule has 5 atom stereocenters. The topological polar surface area (TPSA) is 114 Å². The number of carbonyl (C=O) groups excluding carboxylic acids is 1. The van der Waals surface area contributed by atoms with Crippen LogP contribution in [0.5, 0.6) is 0 Å². The van der Waals surface area contributed by atoms with Gasteiger partial charge in [-0.3, -0.25) is 4.79 Å². The third kappa shape index (κ3) is 6.09. The number of hydrogen-bond donors (Lipinski definition) is 2. The Morgan fingerprint density at radius 2 is 1.62 bits per heavy atom. The monoisotopic (exact) mass is 636 g/mol. The zero-order valence-electron chi connectivity index (χ0n) is 26.5. The summed E-state index contributed by atoms with van der Waals surface area (Å²) in [4.78, 5) is 34.9. The van der Waals surface area contributed by atoms with Crippen molar-refractivity contribution in [2.24, 2.45) is 0 Å². The number of rotatable bonds is 9. The molecule has 0 spiro atoms. The quantitative estimate of drug-likeness (QED) is 0.427. The molecule has 3 saturated carbocycles. The second-order valence-corrected chi connectivity index (χ2v) is 13.7. The number of hydrogen-bond acceptors (Lipinski definition) is 9. The zero-order chi connectivity index (χ0) is 32.0. The molecule has 0 aromatic carbocycles. The lowest BCUT2D eigenvalue weighted by Gasteiger charge is -2.36. The van der Waals surface area contributed by atoms with Crippen LogP contribution in [0.3, 0.4) is 0 Å². The summed E-state index contributed by atoms with van der Waals surface area (Å²) in [6, 6.07) is -0.995. The fourth-order valence-corrected chi connectivity index (χ4v) is 8.20. The summed E-state index contributed by atoms with van der Waals surface area (Å²) in [5, 5.41) is 22.3. The number of aliphatic hydroxyl groups is 2. The van der Waals surface area contributed by atoms with E-state index in [1.54, 1.807) is 17.8 Å². The van der Waals surface area contributed by atoms with Gasteiger partial charge in [0.05, 0.1) is 18.4 Å². The summed E-state index contributed by atoms with van der Waals surface area (Å²) in [5.74, 6) is -0.642. The lowest BCUT2D eigenvalue weighted by molar-refractivity contribution is -0.190. The van der Waals surface area contributed by atoms with Gasteiger partial charge < -0.3 is 34.4 Å². The lowest BCUT2D eigenvalue weighted by Crippen LogP contribution is -2.51. The van der Waals surface area contributed by atoms with Gasteiger partial charge in [0.2, 0.25) is 5.95 Å². The molecule has 250 valence electrons. The van der Waals surface area contributed by atoms with Gasteiger partial charge in [0.25, 0.3) is 0 Å². The van der Waals surface area contributed by atoms with Crippen molar-refractivity contribution in [1.82, 2.24) is 29.3 Å². The van der Waals surface area contributed by atoms with Crippen LogP contribution in [0.2, 0.25) is 0 Å². The van der Waals surface area contributed by atoms with Gasteiger partial charge in [-0.2, -0.15) is 23.1 Å². The molecule has 0 unspecified atom stereocenters. The molecule has 6 rings (SSSR count). The molecule has 1 aliphatic heterocycles. The predicted molar refractivity (Wildman–Crippen MR) is 164 cm³/mol. The standard InChI is InChI=1S/C31H47F3N8O3/c1-4-14-40(29(45)31(32,33)34)22-16-23(26(44)25(22)43)41-18-35-24-27(41)36-30(39-15-13-21(17-39)38(2)3)37-28(24)42(19-9-5-6-10-19)20-11-7-8-12-20/h18-23,25-26,43-44H,4-17H2,1-3H3/t21-,22+,23-,25-,26+/m1/s1. The molecule has 3 heterocycles. The minimum atomic E-state index is -5.08. The van der Waals surface area contributed by atoms with Crippen molar-refractivity contribution in [3.05, 3.63) is 6.33 Å². The van der Waals surface area contributed by atoms with Crippen molar-refractivity contribution in [3.8, 4) is 0 Å². The van der Waals surface area contributed by atoms with Gasteiger partial charge in [-0.1, -0.05) is 32.6 Å². The minimum absolute atomic E-state index is 0.0638. The molecule has 1 amide bonds. The molecule has 45 heavy (non-hydrogen) atoms. The summed E-state index contributed by atoms with van der Waals surface area (Å²) < 4.78 is 42.3. The van der Waals surface area contributed by atoms with E-state index in [4.69, 9.17) is 15.0 Å². The fourth-order valence-electron chi connectivity index (χ4n) is 8.20. The number of halogens is 3. The molecule has 4 aliphatic rings. The highest BCUT2D eigenvalue weighted by Crippen LogP contribution is 2.41. The Hall–Kier alpha value is -2.71. The number of nitrogens with zero attached hydrogens (tertiary/aromatic N) is 8. The first kappa shape index (κ1) is 32.2. The summed E-state index contributed by atoms with van der Waals surface area (Å²) in [7, 11) is 4.13. The molecular weight excluding hydrogens is 589 g/mol. The van der Waals surface area contributed by atoms with Gasteiger partial charge >= 0.3 is 12.1 Å². The second-order valence-electron chi connectivity index (χ2n) is 13.7. The number of anilines is 2. The average molecular weight is 637 g/mol. The van der Waals surface area contributed by atoms with Gasteiger partial charge in [-0.15, -0.1) is 0 Å². The van der Waals surface area contributed by atoms with E-state index >= 15 is 0 Å². The van der Waals surface area contributed by atoms with Crippen LogP contribution in [-0.4, -0.2) is 122 Å². The van der Waals surface area contributed by atoms with Crippen LogP contribution < -0.4 is 9.80 Å². The number of alkyl halides is 3. The number of fused-ring (bicyclic) bond motifs is 1. The van der Waals surface area contributed by atoms with Crippen molar-refractivity contribution >= 4 is 28.8 Å². The Labute approximate surface area is 262 Å². The van der Waals surface area contributed by atoms with Crippen LogP contribution in [0.25, 0.3) is 11.2 Å². The number of aliphatic hydroxyl groups excluding tert-OH is 2. The SMILES string of the molecule is CCCN(C(=O)C(F)(F)F)[C@H]1C[C@@H](n2cnc3c(N(C4CCCC4)C4CCCC4)nc(N4CC[C@@H](N(C)C)C4)nc32)[C@H](O)[C@@H]1O. The van der Waals surface area contributed by atoms with Gasteiger partial charge in [-0.05, 0) is 59.0 Å². The highest BCUT2D eigenvalue weighted by Gasteiger charge is 2.52. The van der Waals surface area contributed by atoms with E-state index in [9.17, 15) is 28.2 Å². The smallest absolute Gasteiger partial charge is 0.388 e. The summed E-state index contributed by atoms with van der Waals surface area (Å²) >= 11 is 0. The van der Waals surface area contributed by atoms with E-state index < -0.39 is 36.4 Å². The third-order valence-electron chi connectivity index (χ3n) is 10.6. The Kier molecular flexibility index (Phi) is 9.19. The highest BCUT2D eigenvalue weighted by atomic mass is 19.4. The maximum absolute atomic E-state index is 13.5. The number of imidazole rings is 1. The van der Waals surface area contributed by atoms with Crippen LogP contribution in [0.4, 0.5) is 24.9 Å². The van der Waals surface area contributed by atoms with Crippen molar-refractivity contribution in [2.45, 2.75) is 126 Å². The molecule has 11 nitrogen and oxygen atoms in total. The van der Waals surface area contributed by atoms with E-state index in [-0.39, 0.29) is 19.4 Å². The predicted octanol–water partition coefficient (Wildman–Crippen LogP) is 3.49. The molecule has 2 aromatic rings. The van der Waals surface area contributed by atoms with Crippen molar-refractivity contribution in [3.63, 3.8) is 0 Å². The molecule has 2 N–H and O–H groups in total. The van der Waals surface area contributed by atoms with Crippen molar-refractivity contribution in [2.75, 3.05) is 43.5 Å². The highest BCUT2D eigenvalue weighted by molar-refractivity contribution is 5.86. The van der Waals surface area contributed by atoms with Crippen LogP contribution >= 0.6 is 0 Å². The minimum Gasteiger partial charge on any atom is -0.388 e. The van der Waals surface area contributed by atoms with E-state index in [0.29, 0.717) is 40.1 Å². The molecule has 0 bridgehead atoms. The third-order valence-corrected chi connectivity index (χ3v) is 10.6. The number of likely N-dealkylation sites (N-methyl/N-ethyl adjacent to an activating group) is 1. The molecule has 0 radical (unpaired) electrons. The van der Waals surface area contributed by atoms with Crippen LogP contribution in [0.15, 0.2) is 6.33 Å². The summed E-state index contributed by atoms with van der Waals surface area (Å²) in [6.45, 7) is 3.04. The molecule has 2 aromatic heterocycles. The van der Waals surface area contributed by atoms with Crippen LogP contribution in [0, 0.1) is 0 Å². The molecule has 4 fully saturated rings. The first-order valence-electron chi connectivity index (χ1n) is 16.7. The summed E-state index contributed by atoms with van der Waals surface area (Å²) in [6.07, 6.45) is 3.69. The second kappa shape index (κ2) is 12.8. The van der Waals surface area contributed by atoms with Crippen molar-refractivity contribution < 1.29 is 28.2 Å². The van der Waals surface area contributed by atoms with E-state index in [1.807, 2.05) is 0 Å². The van der Waals surface area contributed by atoms with E-state index in [2.05, 4.69) is 28.8 Å². The maximum atomic E-state index is 13.5. The Morgan fingerprint density at radius 1 is 0.978 bits per heavy atom. The Balaban J connectivity index is 1.43. The van der Waals surface area contributed by atoms with E-state index in [1.165, 1.54) is 25.7 Å². The molecular formula is C31H47F3N8O3. The molecule has 1 saturated heterocycles. The Morgan fingerprint density at radius 3 is 2.18 bits per heavy atom. The first-order valence-corrected chi connectivity index (χ1v) is 16.7. The van der Waals surface area contributed by atoms with Crippen LogP contribution in [0.1, 0.15) is 83.6 Å². The van der Waals surface area contributed by atoms with Gasteiger partial charge in [0, 0.05) is 37.8 Å². The first-order chi connectivity index (χ1) is 21.5.